The molecule has 0 unspecified atom stereocenters. The molecule has 0 bridgehead atoms. The molecule has 0 amide bonds. The highest BCUT2D eigenvalue weighted by atomic mass is 16.5. The minimum Gasteiger partial charge on any atom is -0.497 e. The third kappa shape index (κ3) is 3.26. The number of hydrogen-bond donors (Lipinski definition) is 1. The molecule has 0 atom stereocenters. The third-order valence-electron chi connectivity index (χ3n) is 3.91. The van der Waals surface area contributed by atoms with Crippen molar-refractivity contribution >= 4 is 11.5 Å². The normalized spacial score (nSPS) is 17.3. The number of carbonyl (C=O) groups excluding carboxylic acids is 1. The van der Waals surface area contributed by atoms with Crippen molar-refractivity contribution in [1.82, 2.24) is 10.3 Å². The lowest BCUT2D eigenvalue weighted by Crippen LogP contribution is -2.43. The number of ketones is 1. The van der Waals surface area contributed by atoms with Crippen LogP contribution in [0.4, 0.5) is 0 Å². The van der Waals surface area contributed by atoms with Gasteiger partial charge < -0.3 is 10.1 Å². The van der Waals surface area contributed by atoms with E-state index < -0.39 is 0 Å². The summed E-state index contributed by atoms with van der Waals surface area (Å²) in [7, 11) is 1.64. The van der Waals surface area contributed by atoms with Crippen molar-refractivity contribution in [2.24, 2.45) is 0 Å². The minimum absolute atomic E-state index is 0.112. The number of allylic oxidation sites excluding steroid dienone is 1. The summed E-state index contributed by atoms with van der Waals surface area (Å²) in [6.45, 7) is 4.25. The molecule has 2 aromatic rings. The lowest BCUT2D eigenvalue weighted by atomic mass is 9.85. The molecule has 23 heavy (non-hydrogen) atoms. The van der Waals surface area contributed by atoms with Crippen LogP contribution in [0.1, 0.15) is 35.5 Å². The Hall–Kier alpha value is -2.62. The van der Waals surface area contributed by atoms with Gasteiger partial charge in [0.25, 0.3) is 0 Å². The van der Waals surface area contributed by atoms with Crippen LogP contribution in [0.5, 0.6) is 5.75 Å². The van der Waals surface area contributed by atoms with Gasteiger partial charge in [-0.25, -0.2) is 0 Å². The van der Waals surface area contributed by atoms with Gasteiger partial charge >= 0.3 is 0 Å². The standard InChI is InChI=1S/C19H20N2O2/c1-19(2)12-13-7-8-14(23-3)10-15(13)17(21-19)11-18(22)16-6-4-5-9-20-16/h4-11,21H,12H2,1-3H3. The van der Waals surface area contributed by atoms with Crippen molar-refractivity contribution in [2.75, 3.05) is 7.11 Å². The van der Waals surface area contributed by atoms with Gasteiger partial charge in [0.05, 0.1) is 7.11 Å². The van der Waals surface area contributed by atoms with Gasteiger partial charge in [-0.1, -0.05) is 12.1 Å². The molecule has 1 aliphatic rings. The molecule has 1 aliphatic heterocycles. The maximum Gasteiger partial charge on any atom is 0.206 e. The second-order valence-corrected chi connectivity index (χ2v) is 6.35. The van der Waals surface area contributed by atoms with Gasteiger partial charge in [-0.05, 0) is 50.1 Å². The van der Waals surface area contributed by atoms with E-state index in [4.69, 9.17) is 4.74 Å². The smallest absolute Gasteiger partial charge is 0.206 e. The minimum atomic E-state index is -0.113. The molecule has 3 rings (SSSR count). The predicted octanol–water partition coefficient (Wildman–Crippen LogP) is 3.24. The number of aromatic nitrogens is 1. The van der Waals surface area contributed by atoms with Crippen LogP contribution < -0.4 is 10.1 Å². The van der Waals surface area contributed by atoms with Crippen molar-refractivity contribution < 1.29 is 9.53 Å². The molecular weight excluding hydrogens is 288 g/mol. The fourth-order valence-electron chi connectivity index (χ4n) is 2.87. The van der Waals surface area contributed by atoms with Crippen LogP contribution in [-0.4, -0.2) is 23.4 Å². The average molecular weight is 308 g/mol. The summed E-state index contributed by atoms with van der Waals surface area (Å²) in [5.74, 6) is 0.668. The lowest BCUT2D eigenvalue weighted by molar-refractivity contribution is 0.104. The Morgan fingerprint density at radius 3 is 2.83 bits per heavy atom. The Kier molecular flexibility index (Phi) is 3.90. The van der Waals surface area contributed by atoms with Gasteiger partial charge in [0, 0.05) is 29.1 Å². The summed E-state index contributed by atoms with van der Waals surface area (Å²) < 4.78 is 5.32. The summed E-state index contributed by atoms with van der Waals surface area (Å²) in [5.41, 5.74) is 3.35. The number of pyridine rings is 1. The Morgan fingerprint density at radius 2 is 2.13 bits per heavy atom. The van der Waals surface area contributed by atoms with Crippen LogP contribution in [0.15, 0.2) is 48.7 Å². The fraction of sp³-hybridized carbons (Fsp3) is 0.263. The summed E-state index contributed by atoms with van der Waals surface area (Å²) in [6, 6.07) is 11.3. The summed E-state index contributed by atoms with van der Waals surface area (Å²) in [5, 5.41) is 3.46. The third-order valence-corrected chi connectivity index (χ3v) is 3.91. The number of methoxy groups -OCH3 is 1. The SMILES string of the molecule is COc1ccc2c(c1)C(=CC(=O)c1ccccn1)NC(C)(C)C2. The van der Waals surface area contributed by atoms with E-state index in [1.165, 1.54) is 5.56 Å². The molecule has 4 heteroatoms. The van der Waals surface area contributed by atoms with Crippen molar-refractivity contribution in [1.29, 1.82) is 0 Å². The second-order valence-electron chi connectivity index (χ2n) is 6.35. The number of hydrogen-bond acceptors (Lipinski definition) is 4. The summed E-state index contributed by atoms with van der Waals surface area (Å²) in [6.07, 6.45) is 4.14. The molecule has 1 N–H and O–H groups in total. The summed E-state index contributed by atoms with van der Waals surface area (Å²) >= 11 is 0. The van der Waals surface area contributed by atoms with Crippen LogP contribution in [0.25, 0.3) is 5.70 Å². The van der Waals surface area contributed by atoms with Gasteiger partial charge in [-0.3, -0.25) is 9.78 Å². The van der Waals surface area contributed by atoms with Crippen molar-refractivity contribution in [2.45, 2.75) is 25.8 Å². The molecule has 4 nitrogen and oxygen atoms in total. The molecule has 0 saturated carbocycles. The first-order valence-corrected chi connectivity index (χ1v) is 7.61. The largest absolute Gasteiger partial charge is 0.497 e. The van der Waals surface area contributed by atoms with Crippen molar-refractivity contribution in [3.05, 3.63) is 65.5 Å². The first-order chi connectivity index (χ1) is 11.0. The number of nitrogens with one attached hydrogen (secondary N) is 1. The van der Waals surface area contributed by atoms with E-state index in [1.807, 2.05) is 18.2 Å². The predicted molar refractivity (Wildman–Crippen MR) is 90.5 cm³/mol. The van der Waals surface area contributed by atoms with Gasteiger partial charge in [-0.15, -0.1) is 0 Å². The molecular formula is C19H20N2O2. The highest BCUT2D eigenvalue weighted by molar-refractivity contribution is 6.07. The molecule has 1 aromatic carbocycles. The van der Waals surface area contributed by atoms with Gasteiger partial charge in [0.2, 0.25) is 5.78 Å². The van der Waals surface area contributed by atoms with Crippen LogP contribution in [0, 0.1) is 0 Å². The van der Waals surface area contributed by atoms with Crippen molar-refractivity contribution in [3.8, 4) is 5.75 Å². The van der Waals surface area contributed by atoms with Gasteiger partial charge in [0.1, 0.15) is 11.4 Å². The molecule has 0 radical (unpaired) electrons. The highest BCUT2D eigenvalue weighted by Gasteiger charge is 2.28. The van der Waals surface area contributed by atoms with Gasteiger partial charge in [0.15, 0.2) is 0 Å². The number of carbonyl (C=O) groups is 1. The Bertz CT molecular complexity index is 764. The summed E-state index contributed by atoms with van der Waals surface area (Å²) in [4.78, 5) is 16.6. The van der Waals surface area contributed by atoms with E-state index in [-0.39, 0.29) is 11.3 Å². The van der Waals surface area contributed by atoms with E-state index >= 15 is 0 Å². The highest BCUT2D eigenvalue weighted by Crippen LogP contribution is 2.32. The van der Waals surface area contributed by atoms with Gasteiger partial charge in [-0.2, -0.15) is 0 Å². The molecule has 1 aromatic heterocycles. The topological polar surface area (TPSA) is 51.2 Å². The van der Waals surface area contributed by atoms with E-state index in [9.17, 15) is 4.79 Å². The zero-order chi connectivity index (χ0) is 16.4. The first-order valence-electron chi connectivity index (χ1n) is 7.61. The number of benzene rings is 1. The number of nitrogens with zero attached hydrogens (tertiary/aromatic N) is 1. The molecule has 118 valence electrons. The van der Waals surface area contributed by atoms with E-state index in [2.05, 4.69) is 30.2 Å². The number of rotatable bonds is 3. The molecule has 0 spiro atoms. The molecule has 0 aliphatic carbocycles. The lowest BCUT2D eigenvalue weighted by Gasteiger charge is -2.35. The quantitative estimate of drug-likeness (QED) is 0.698. The maximum atomic E-state index is 12.5. The average Bonchev–Trinajstić information content (AvgIpc) is 2.54. The van der Waals surface area contributed by atoms with E-state index in [0.29, 0.717) is 5.69 Å². The first kappa shape index (κ1) is 15.3. The number of fused-ring (bicyclic) bond motifs is 1. The monoisotopic (exact) mass is 308 g/mol. The number of ether oxygens (including phenoxy) is 1. The van der Waals surface area contributed by atoms with Crippen molar-refractivity contribution in [3.63, 3.8) is 0 Å². The van der Waals surface area contributed by atoms with E-state index in [1.54, 1.807) is 31.5 Å². The maximum absolute atomic E-state index is 12.5. The zero-order valence-corrected chi connectivity index (χ0v) is 13.6. The Labute approximate surface area is 136 Å². The van der Waals surface area contributed by atoms with Crippen LogP contribution >= 0.6 is 0 Å². The van der Waals surface area contributed by atoms with Crippen LogP contribution in [0.3, 0.4) is 0 Å². The fourth-order valence-corrected chi connectivity index (χ4v) is 2.87. The van der Waals surface area contributed by atoms with Crippen LogP contribution in [0.2, 0.25) is 0 Å². The Morgan fingerprint density at radius 1 is 1.30 bits per heavy atom. The molecule has 0 saturated heterocycles. The van der Waals surface area contributed by atoms with E-state index in [0.717, 1.165) is 23.4 Å². The second kappa shape index (κ2) is 5.88. The molecule has 2 heterocycles. The van der Waals surface area contributed by atoms with Crippen LogP contribution in [-0.2, 0) is 6.42 Å². The Balaban J connectivity index is 2.05. The molecule has 0 fully saturated rings. The zero-order valence-electron chi connectivity index (χ0n) is 13.6.